The average Bonchev–Trinajstić information content (AvgIpc) is 2.72. The van der Waals surface area contributed by atoms with Gasteiger partial charge in [0.2, 0.25) is 5.95 Å². The van der Waals surface area contributed by atoms with E-state index in [1.54, 1.807) is 12.3 Å². The first-order chi connectivity index (χ1) is 15.6. The molecule has 1 aromatic carbocycles. The van der Waals surface area contributed by atoms with Gasteiger partial charge >= 0.3 is 6.03 Å². The minimum absolute atomic E-state index is 0.310. The molecule has 1 aliphatic rings. The lowest BCUT2D eigenvalue weighted by Gasteiger charge is -2.37. The van der Waals surface area contributed by atoms with Crippen LogP contribution in [0.2, 0.25) is 0 Å². The zero-order chi connectivity index (χ0) is 23.6. The van der Waals surface area contributed by atoms with E-state index in [-0.39, 0.29) is 11.6 Å². The molecule has 0 unspecified atom stereocenters. The highest BCUT2D eigenvalue weighted by atomic mass is 16.2. The highest BCUT2D eigenvalue weighted by molar-refractivity contribution is 5.90. The van der Waals surface area contributed by atoms with E-state index in [0.29, 0.717) is 29.5 Å². The van der Waals surface area contributed by atoms with Crippen molar-refractivity contribution in [3.05, 3.63) is 42.6 Å². The summed E-state index contributed by atoms with van der Waals surface area (Å²) in [6.45, 7) is 12.2. The third kappa shape index (κ3) is 6.07. The molecule has 2 aromatic heterocycles. The second-order valence-corrected chi connectivity index (χ2v) is 9.68. The predicted molar refractivity (Wildman–Crippen MR) is 133 cm³/mol. The number of carbonyl (C=O) groups is 1. The van der Waals surface area contributed by atoms with E-state index in [1.165, 1.54) is 5.69 Å². The third-order valence-electron chi connectivity index (χ3n) is 5.22. The van der Waals surface area contributed by atoms with E-state index < -0.39 is 0 Å². The van der Waals surface area contributed by atoms with Crippen LogP contribution in [0.4, 0.5) is 27.9 Å². The third-order valence-corrected chi connectivity index (χ3v) is 5.22. The maximum atomic E-state index is 12.1. The van der Waals surface area contributed by atoms with Gasteiger partial charge in [0.15, 0.2) is 5.65 Å². The van der Waals surface area contributed by atoms with E-state index in [9.17, 15) is 4.79 Å². The number of carbonyl (C=O) groups excluding carboxylic acids is 1. The number of amides is 2. The quantitative estimate of drug-likeness (QED) is 0.480. The number of aromatic nitrogens is 3. The number of fused-ring (bicyclic) bond motifs is 1. The summed E-state index contributed by atoms with van der Waals surface area (Å²) in [5.41, 5.74) is 2.26. The van der Waals surface area contributed by atoms with Crippen LogP contribution in [0.25, 0.3) is 11.0 Å². The summed E-state index contributed by atoms with van der Waals surface area (Å²) in [6.07, 6.45) is 1.72. The molecule has 3 aromatic rings. The Labute approximate surface area is 194 Å². The minimum Gasteiger partial charge on any atom is -0.368 e. The number of nitrogens with one attached hydrogen (secondary N) is 4. The lowest BCUT2D eigenvalue weighted by atomic mass is 10.1. The molecule has 2 atom stereocenters. The second kappa shape index (κ2) is 9.19. The van der Waals surface area contributed by atoms with Crippen molar-refractivity contribution in [2.75, 3.05) is 28.6 Å². The van der Waals surface area contributed by atoms with Gasteiger partial charge in [-0.3, -0.25) is 5.32 Å². The largest absolute Gasteiger partial charge is 0.368 e. The summed E-state index contributed by atoms with van der Waals surface area (Å²) in [5.74, 6) is 0.876. The van der Waals surface area contributed by atoms with Crippen LogP contribution in [0.1, 0.15) is 34.6 Å². The molecule has 33 heavy (non-hydrogen) atoms. The number of urea groups is 1. The average molecular weight is 449 g/mol. The van der Waals surface area contributed by atoms with Crippen LogP contribution < -0.4 is 26.2 Å². The summed E-state index contributed by atoms with van der Waals surface area (Å²) >= 11 is 0. The Morgan fingerprint density at radius 3 is 2.39 bits per heavy atom. The first-order valence-corrected chi connectivity index (χ1v) is 11.3. The van der Waals surface area contributed by atoms with Gasteiger partial charge in [-0.05, 0) is 71.0 Å². The van der Waals surface area contributed by atoms with E-state index in [4.69, 9.17) is 0 Å². The van der Waals surface area contributed by atoms with Crippen molar-refractivity contribution < 1.29 is 4.79 Å². The second-order valence-electron chi connectivity index (χ2n) is 9.68. The molecule has 3 heterocycles. The van der Waals surface area contributed by atoms with Crippen molar-refractivity contribution in [2.24, 2.45) is 0 Å². The van der Waals surface area contributed by atoms with Crippen LogP contribution in [0, 0.1) is 0 Å². The first kappa shape index (κ1) is 22.7. The normalized spacial score (nSPS) is 18.8. The molecular weight excluding hydrogens is 416 g/mol. The van der Waals surface area contributed by atoms with Crippen LogP contribution >= 0.6 is 0 Å². The number of pyridine rings is 1. The fourth-order valence-corrected chi connectivity index (χ4v) is 3.95. The minimum atomic E-state index is -0.336. The van der Waals surface area contributed by atoms with Gasteiger partial charge in [0.1, 0.15) is 5.82 Å². The van der Waals surface area contributed by atoms with E-state index >= 15 is 0 Å². The molecule has 0 saturated carbocycles. The standard InChI is InChI=1S/C24H32N8O/c1-15-13-32(14-16(2)26-15)19-9-7-18(8-10-19)27-22-25-12-17-6-11-20(28-21(17)30-22)29-23(33)31-24(3,4)5/h6-12,15-16,26H,13-14H2,1-5H3,(H3,25,27,28,29,30,31,33)/t15-,16+. The van der Waals surface area contributed by atoms with E-state index in [0.717, 1.165) is 24.2 Å². The SMILES string of the molecule is C[C@@H]1CN(c2ccc(Nc3ncc4ccc(NC(=O)NC(C)(C)C)nc4n3)cc2)C[C@H](C)N1. The van der Waals surface area contributed by atoms with Crippen LogP contribution in [-0.4, -0.2) is 51.7 Å². The van der Waals surface area contributed by atoms with Gasteiger partial charge in [0.05, 0.1) is 0 Å². The Bertz CT molecular complexity index is 1120. The van der Waals surface area contributed by atoms with Gasteiger partial charge in [0.25, 0.3) is 0 Å². The summed E-state index contributed by atoms with van der Waals surface area (Å²) in [6, 6.07) is 12.5. The lowest BCUT2D eigenvalue weighted by molar-refractivity contribution is 0.243. The fraction of sp³-hybridized carbons (Fsp3) is 0.417. The maximum absolute atomic E-state index is 12.1. The van der Waals surface area contributed by atoms with Crippen LogP contribution in [0.3, 0.4) is 0 Å². The topological polar surface area (TPSA) is 107 Å². The summed E-state index contributed by atoms with van der Waals surface area (Å²) in [4.78, 5) is 27.9. The molecule has 0 aliphatic carbocycles. The summed E-state index contributed by atoms with van der Waals surface area (Å²) in [5, 5.41) is 13.2. The van der Waals surface area contributed by atoms with Crippen molar-refractivity contribution in [3.8, 4) is 0 Å². The van der Waals surface area contributed by atoms with Crippen molar-refractivity contribution >= 4 is 40.2 Å². The zero-order valence-corrected chi connectivity index (χ0v) is 19.8. The Morgan fingerprint density at radius 2 is 1.73 bits per heavy atom. The van der Waals surface area contributed by atoms with Gasteiger partial charge in [0, 0.05) is 53.7 Å². The van der Waals surface area contributed by atoms with Crippen molar-refractivity contribution in [1.82, 2.24) is 25.6 Å². The predicted octanol–water partition coefficient (Wildman–Crippen LogP) is 3.88. The molecule has 4 rings (SSSR count). The van der Waals surface area contributed by atoms with Crippen molar-refractivity contribution in [2.45, 2.75) is 52.2 Å². The summed E-state index contributed by atoms with van der Waals surface area (Å²) in [7, 11) is 0. The Hall–Kier alpha value is -3.46. The van der Waals surface area contributed by atoms with Crippen LogP contribution in [0.15, 0.2) is 42.6 Å². The Kier molecular flexibility index (Phi) is 6.33. The number of piperazine rings is 1. The van der Waals surface area contributed by atoms with E-state index in [2.05, 4.69) is 67.1 Å². The molecule has 1 saturated heterocycles. The van der Waals surface area contributed by atoms with Gasteiger partial charge in [-0.25, -0.2) is 14.8 Å². The summed E-state index contributed by atoms with van der Waals surface area (Å²) < 4.78 is 0. The fourth-order valence-electron chi connectivity index (χ4n) is 3.95. The molecule has 174 valence electrons. The molecule has 1 fully saturated rings. The monoisotopic (exact) mass is 448 g/mol. The van der Waals surface area contributed by atoms with Crippen LogP contribution in [-0.2, 0) is 0 Å². The van der Waals surface area contributed by atoms with Crippen LogP contribution in [0.5, 0.6) is 0 Å². The molecule has 9 heteroatoms. The molecule has 9 nitrogen and oxygen atoms in total. The molecular formula is C24H32N8O. The molecule has 1 aliphatic heterocycles. The Morgan fingerprint density at radius 1 is 1.03 bits per heavy atom. The number of anilines is 4. The lowest BCUT2D eigenvalue weighted by Crippen LogP contribution is -2.54. The number of rotatable bonds is 4. The van der Waals surface area contributed by atoms with Gasteiger partial charge in [-0.2, -0.15) is 4.98 Å². The molecule has 2 amide bonds. The molecule has 4 N–H and O–H groups in total. The van der Waals surface area contributed by atoms with Gasteiger partial charge < -0.3 is 20.9 Å². The highest BCUT2D eigenvalue weighted by Crippen LogP contribution is 2.22. The molecule has 0 bridgehead atoms. The van der Waals surface area contributed by atoms with Crippen molar-refractivity contribution in [1.29, 1.82) is 0 Å². The molecule has 0 spiro atoms. The number of benzene rings is 1. The number of hydrogen-bond acceptors (Lipinski definition) is 7. The van der Waals surface area contributed by atoms with Gasteiger partial charge in [-0.1, -0.05) is 0 Å². The highest BCUT2D eigenvalue weighted by Gasteiger charge is 2.21. The van der Waals surface area contributed by atoms with Gasteiger partial charge in [-0.15, -0.1) is 0 Å². The molecule has 0 radical (unpaired) electrons. The Balaban J connectivity index is 1.45. The number of hydrogen-bond donors (Lipinski definition) is 4. The van der Waals surface area contributed by atoms with E-state index in [1.807, 2.05) is 39.0 Å². The number of nitrogens with zero attached hydrogens (tertiary/aromatic N) is 4. The maximum Gasteiger partial charge on any atom is 0.320 e. The zero-order valence-electron chi connectivity index (χ0n) is 19.8. The van der Waals surface area contributed by atoms with Crippen molar-refractivity contribution in [3.63, 3.8) is 0 Å². The first-order valence-electron chi connectivity index (χ1n) is 11.3. The smallest absolute Gasteiger partial charge is 0.320 e.